The lowest BCUT2D eigenvalue weighted by molar-refractivity contribution is 0.332. The van der Waals surface area contributed by atoms with Gasteiger partial charge in [-0.05, 0) is 218 Å². The molecule has 7 aromatic rings. The molecular weight excluding hydrogens is 860 g/mol. The lowest BCUT2D eigenvalue weighted by Gasteiger charge is -2.47. The number of hydrogen-bond acceptors (Lipinski definition) is 3. The van der Waals surface area contributed by atoms with Gasteiger partial charge in [0, 0.05) is 44.9 Å². The number of furan rings is 1. The minimum atomic E-state index is 0.00345. The summed E-state index contributed by atoms with van der Waals surface area (Å²) in [6.45, 7) is 34.4. The third kappa shape index (κ3) is 6.53. The second-order valence-corrected chi connectivity index (χ2v) is 27.7. The molecule has 364 valence electrons. The fourth-order valence-corrected chi connectivity index (χ4v) is 15.8. The summed E-state index contributed by atoms with van der Waals surface area (Å²) in [5, 5.41) is 2.46. The zero-order valence-corrected chi connectivity index (χ0v) is 45.6. The molecule has 6 aromatic carbocycles. The summed E-state index contributed by atoms with van der Waals surface area (Å²) in [5.74, 6) is 0.523. The van der Waals surface area contributed by atoms with Gasteiger partial charge in [-0.15, -0.1) is 0 Å². The van der Waals surface area contributed by atoms with Gasteiger partial charge in [-0.3, -0.25) is 0 Å². The molecule has 0 radical (unpaired) electrons. The lowest BCUT2D eigenvalue weighted by Crippen LogP contribution is -2.61. The van der Waals surface area contributed by atoms with Crippen LogP contribution in [0.4, 0.5) is 34.1 Å². The topological polar surface area (TPSA) is 19.6 Å². The third-order valence-corrected chi connectivity index (χ3v) is 20.0. The molecule has 1 aromatic heterocycles. The molecule has 0 amide bonds. The van der Waals surface area contributed by atoms with Crippen molar-refractivity contribution in [3.63, 3.8) is 0 Å². The minimum absolute atomic E-state index is 0.00345. The molecule has 1 fully saturated rings. The van der Waals surface area contributed by atoms with E-state index in [1.165, 1.54) is 169 Å². The molecule has 4 heteroatoms. The van der Waals surface area contributed by atoms with Gasteiger partial charge in [-0.1, -0.05) is 133 Å². The summed E-state index contributed by atoms with van der Waals surface area (Å²) < 4.78 is 7.23. The molecule has 0 atom stereocenters. The van der Waals surface area contributed by atoms with Crippen LogP contribution in [0.5, 0.6) is 0 Å². The van der Waals surface area contributed by atoms with Crippen LogP contribution >= 0.6 is 0 Å². The molecule has 4 aliphatic carbocycles. The van der Waals surface area contributed by atoms with Crippen LogP contribution in [-0.2, 0) is 32.5 Å². The highest BCUT2D eigenvalue weighted by Gasteiger charge is 2.50. The predicted octanol–water partition coefficient (Wildman–Crippen LogP) is 17.0. The van der Waals surface area contributed by atoms with E-state index < -0.39 is 0 Å². The lowest BCUT2D eigenvalue weighted by atomic mass is 9.33. The molecule has 3 heterocycles. The number of aryl methyl sites for hydroxylation is 2. The Morgan fingerprint density at radius 1 is 0.437 bits per heavy atom. The zero-order valence-electron chi connectivity index (χ0n) is 45.6. The quantitative estimate of drug-likeness (QED) is 0.165. The Morgan fingerprint density at radius 2 is 0.915 bits per heavy atom. The van der Waals surface area contributed by atoms with E-state index in [4.69, 9.17) is 4.42 Å². The minimum Gasteiger partial charge on any atom is -0.456 e. The van der Waals surface area contributed by atoms with E-state index in [1.807, 2.05) is 0 Å². The molecule has 13 rings (SSSR count). The summed E-state index contributed by atoms with van der Waals surface area (Å²) in [4.78, 5) is 5.49. The number of fused-ring (bicyclic) bond motifs is 10. The van der Waals surface area contributed by atoms with Gasteiger partial charge in [0.25, 0.3) is 6.71 Å². The van der Waals surface area contributed by atoms with E-state index >= 15 is 0 Å². The fraction of sp³-hybridized carbons (Fsp3) is 0.463. The van der Waals surface area contributed by atoms with Crippen LogP contribution in [0.2, 0.25) is 0 Å². The third-order valence-electron chi connectivity index (χ3n) is 20.0. The molecule has 1 saturated carbocycles. The Morgan fingerprint density at radius 3 is 1.55 bits per heavy atom. The summed E-state index contributed by atoms with van der Waals surface area (Å²) in [6, 6.07) is 35.2. The monoisotopic (exact) mass is 937 g/mol. The van der Waals surface area contributed by atoms with Crippen molar-refractivity contribution in [3.8, 4) is 0 Å². The second-order valence-electron chi connectivity index (χ2n) is 27.7. The summed E-state index contributed by atoms with van der Waals surface area (Å²) in [6.07, 6.45) is 12.3. The molecule has 71 heavy (non-hydrogen) atoms. The first-order valence-electron chi connectivity index (χ1n) is 27.7. The van der Waals surface area contributed by atoms with E-state index in [-0.39, 0.29) is 39.2 Å². The predicted molar refractivity (Wildman–Crippen MR) is 304 cm³/mol. The molecule has 0 unspecified atom stereocenters. The van der Waals surface area contributed by atoms with Crippen LogP contribution in [0, 0.1) is 13.8 Å². The van der Waals surface area contributed by atoms with Crippen LogP contribution in [0.15, 0.2) is 89.3 Å². The van der Waals surface area contributed by atoms with E-state index in [9.17, 15) is 0 Å². The number of anilines is 6. The van der Waals surface area contributed by atoms with Gasteiger partial charge >= 0.3 is 0 Å². The van der Waals surface area contributed by atoms with Crippen molar-refractivity contribution in [2.75, 3.05) is 9.80 Å². The fourth-order valence-electron chi connectivity index (χ4n) is 15.8. The van der Waals surface area contributed by atoms with E-state index in [0.29, 0.717) is 5.92 Å². The van der Waals surface area contributed by atoms with Crippen molar-refractivity contribution in [3.05, 3.63) is 135 Å². The Balaban J connectivity index is 1.17. The highest BCUT2D eigenvalue weighted by Crippen LogP contribution is 2.56. The maximum atomic E-state index is 7.23. The first kappa shape index (κ1) is 45.6. The van der Waals surface area contributed by atoms with Crippen LogP contribution in [0.1, 0.15) is 203 Å². The highest BCUT2D eigenvalue weighted by atomic mass is 16.3. The average Bonchev–Trinajstić information content (AvgIpc) is 3.76. The van der Waals surface area contributed by atoms with Crippen molar-refractivity contribution in [2.24, 2.45) is 0 Å². The second kappa shape index (κ2) is 14.7. The Labute approximate surface area is 425 Å². The number of para-hydroxylation sites is 1. The largest absolute Gasteiger partial charge is 0.456 e. The van der Waals surface area contributed by atoms with Crippen molar-refractivity contribution in [2.45, 2.75) is 200 Å². The van der Waals surface area contributed by atoms with E-state index in [0.717, 1.165) is 17.6 Å². The Kier molecular flexibility index (Phi) is 9.47. The van der Waals surface area contributed by atoms with Crippen molar-refractivity contribution in [1.29, 1.82) is 0 Å². The summed E-state index contributed by atoms with van der Waals surface area (Å²) >= 11 is 0. The van der Waals surface area contributed by atoms with Crippen LogP contribution in [-0.4, -0.2) is 6.71 Å². The van der Waals surface area contributed by atoms with E-state index in [2.05, 4.69) is 192 Å². The van der Waals surface area contributed by atoms with E-state index in [1.54, 1.807) is 0 Å². The van der Waals surface area contributed by atoms with Gasteiger partial charge in [0.1, 0.15) is 11.2 Å². The number of hydrogen-bond donors (Lipinski definition) is 0. The van der Waals surface area contributed by atoms with Gasteiger partial charge in [0.2, 0.25) is 0 Å². The molecule has 2 aliphatic heterocycles. The van der Waals surface area contributed by atoms with Gasteiger partial charge in [-0.2, -0.15) is 0 Å². The van der Waals surface area contributed by atoms with Crippen molar-refractivity contribution >= 4 is 79.2 Å². The van der Waals surface area contributed by atoms with Crippen LogP contribution in [0.25, 0.3) is 21.9 Å². The van der Waals surface area contributed by atoms with Gasteiger partial charge in [0.05, 0.1) is 0 Å². The first-order valence-corrected chi connectivity index (χ1v) is 27.7. The Bertz CT molecular complexity index is 3440. The Hall–Kier alpha value is -5.22. The maximum Gasteiger partial charge on any atom is 0.252 e. The van der Waals surface area contributed by atoms with Gasteiger partial charge in [-0.25, -0.2) is 0 Å². The number of rotatable bonds is 3. The molecular formula is C67H77BN2O. The summed E-state index contributed by atoms with van der Waals surface area (Å²) in [7, 11) is 0. The van der Waals surface area contributed by atoms with Crippen LogP contribution < -0.4 is 26.2 Å². The van der Waals surface area contributed by atoms with Crippen molar-refractivity contribution in [1.82, 2.24) is 0 Å². The molecule has 0 N–H and O–H groups in total. The standard InChI is InChI=1S/C67H77BN2O/c1-39-20-18-19-23-53(39)69-55-32-44-43-31-46-50(65(9,10)27-25-63(46,5)6)36-59(43)71-60(44)37-52(55)68-51-33-47-49(67(13,14)38-66(47,11)12)35-56(51)70(58-30-42(29-57(69)61(58)68)41-21-16-15-17-22-41)54-34-48-45(28-40(54)2)62(3,4)24-26-64(48,7)8/h18-20,23,28-37,41H,15-17,21-22,24-27,38H2,1-14H3. The zero-order chi connectivity index (χ0) is 49.7. The maximum absolute atomic E-state index is 7.23. The van der Waals surface area contributed by atoms with Crippen molar-refractivity contribution < 1.29 is 4.42 Å². The molecule has 6 aliphatic rings. The molecule has 0 bridgehead atoms. The van der Waals surface area contributed by atoms with Crippen LogP contribution in [0.3, 0.4) is 0 Å². The highest BCUT2D eigenvalue weighted by molar-refractivity contribution is 7.00. The number of benzene rings is 6. The summed E-state index contributed by atoms with van der Waals surface area (Å²) in [5.41, 5.74) is 27.7. The first-order chi connectivity index (χ1) is 33.5. The normalized spacial score (nSPS) is 21.6. The molecule has 3 nitrogen and oxygen atoms in total. The van der Waals surface area contributed by atoms with Gasteiger partial charge in [0.15, 0.2) is 0 Å². The number of nitrogens with zero attached hydrogens (tertiary/aromatic N) is 2. The smallest absolute Gasteiger partial charge is 0.252 e. The SMILES string of the molecule is Cc1ccccc1N1c2cc3c(cc2B2c4cc5c(cc4N(c4cc6c(cc4C)C(C)(C)CCC6(C)C)c4cc(C6CCCCC6)cc1c42)C(C)(C)CC5(C)C)oc1cc2c(cc13)C(C)(C)CCC2(C)C. The average molecular weight is 937 g/mol. The molecule has 0 spiro atoms. The van der Waals surface area contributed by atoms with Gasteiger partial charge < -0.3 is 14.2 Å². The molecule has 0 saturated heterocycles.